The molecule has 1 saturated carbocycles. The van der Waals surface area contributed by atoms with Crippen LogP contribution in [-0.4, -0.2) is 52.2 Å². The van der Waals surface area contributed by atoms with Crippen molar-refractivity contribution in [1.82, 2.24) is 14.7 Å². The summed E-state index contributed by atoms with van der Waals surface area (Å²) >= 11 is 6.42. The Labute approximate surface area is 200 Å². The van der Waals surface area contributed by atoms with Crippen LogP contribution >= 0.6 is 11.6 Å². The molecule has 2 aromatic carbocycles. The Kier molecular flexibility index (Phi) is 8.04. The third-order valence-electron chi connectivity index (χ3n) is 5.76. The maximum Gasteiger partial charge on any atom is 0.227 e. The van der Waals surface area contributed by atoms with Crippen LogP contribution in [0.1, 0.15) is 31.0 Å². The van der Waals surface area contributed by atoms with Gasteiger partial charge in [0.25, 0.3) is 0 Å². The molecule has 3 aromatic rings. The van der Waals surface area contributed by atoms with Gasteiger partial charge in [-0.3, -0.25) is 4.90 Å². The first-order valence-electron chi connectivity index (χ1n) is 11.6. The molecule has 33 heavy (non-hydrogen) atoms. The molecule has 6 nitrogen and oxygen atoms in total. The molecule has 1 aliphatic rings. The van der Waals surface area contributed by atoms with Crippen LogP contribution in [0.25, 0.3) is 5.69 Å². The predicted molar refractivity (Wildman–Crippen MR) is 130 cm³/mol. The van der Waals surface area contributed by atoms with E-state index in [4.69, 9.17) is 26.2 Å². The molecule has 1 unspecified atom stereocenters. The van der Waals surface area contributed by atoms with E-state index in [-0.39, 0.29) is 0 Å². The number of aromatic nitrogens is 2. The van der Waals surface area contributed by atoms with E-state index < -0.39 is 6.10 Å². The number of aryl methyl sites for hydroxylation is 1. The molecular weight excluding hydrogens is 438 g/mol. The number of hydrogen-bond donors (Lipinski definition) is 1. The average Bonchev–Trinajstić information content (AvgIpc) is 3.58. The van der Waals surface area contributed by atoms with Crippen LogP contribution in [0, 0.1) is 12.8 Å². The first kappa shape index (κ1) is 23.8. The average molecular weight is 470 g/mol. The van der Waals surface area contributed by atoms with Crippen molar-refractivity contribution >= 4 is 11.6 Å². The van der Waals surface area contributed by atoms with Gasteiger partial charge in [-0.15, -0.1) is 0 Å². The first-order valence-corrected chi connectivity index (χ1v) is 12.0. The molecule has 1 N–H and O–H groups in total. The summed E-state index contributed by atoms with van der Waals surface area (Å²) in [6.07, 6.45) is 1.94. The molecule has 0 aliphatic heterocycles. The zero-order valence-electron chi connectivity index (χ0n) is 19.3. The molecule has 1 aliphatic carbocycles. The molecule has 7 heteroatoms. The van der Waals surface area contributed by atoms with E-state index in [1.165, 1.54) is 12.8 Å². The van der Waals surface area contributed by atoms with E-state index in [0.29, 0.717) is 48.9 Å². The summed E-state index contributed by atoms with van der Waals surface area (Å²) in [5, 5.41) is 15.9. The second-order valence-corrected chi connectivity index (χ2v) is 9.01. The highest BCUT2D eigenvalue weighted by Gasteiger charge is 2.28. The molecule has 1 atom stereocenters. The Hall–Kier alpha value is -2.38. The van der Waals surface area contributed by atoms with E-state index >= 15 is 0 Å². The van der Waals surface area contributed by atoms with Gasteiger partial charge in [-0.2, -0.15) is 5.10 Å². The number of rotatable bonds is 12. The van der Waals surface area contributed by atoms with Crippen LogP contribution in [-0.2, 0) is 11.3 Å². The van der Waals surface area contributed by atoms with Crippen molar-refractivity contribution in [3.05, 3.63) is 70.9 Å². The van der Waals surface area contributed by atoms with E-state index in [9.17, 15) is 5.11 Å². The summed E-state index contributed by atoms with van der Waals surface area (Å²) < 4.78 is 13.7. The molecule has 1 fully saturated rings. The third-order valence-corrected chi connectivity index (χ3v) is 6.07. The van der Waals surface area contributed by atoms with E-state index in [0.717, 1.165) is 23.5 Å². The third kappa shape index (κ3) is 6.36. The molecule has 4 rings (SSSR count). The van der Waals surface area contributed by atoms with Crippen LogP contribution in [0.15, 0.2) is 54.6 Å². The fraction of sp³-hybridized carbons (Fsp3) is 0.423. The standard InChI is InChI=1S/C26H32ClN3O3/c1-3-32-18-22(31)16-29(15-20-13-14-20)17-23-19(2)28-30(21-9-5-4-6-10-21)26(23)33-25-12-8-7-11-24(25)27/h4-12,20,22,31H,3,13-18H2,1-2H3. The van der Waals surface area contributed by atoms with Crippen molar-refractivity contribution in [2.75, 3.05) is 26.3 Å². The molecule has 0 bridgehead atoms. The van der Waals surface area contributed by atoms with Gasteiger partial charge >= 0.3 is 0 Å². The Morgan fingerprint density at radius 1 is 1.15 bits per heavy atom. The summed E-state index contributed by atoms with van der Waals surface area (Å²) in [7, 11) is 0. The van der Waals surface area contributed by atoms with Crippen molar-refractivity contribution in [1.29, 1.82) is 0 Å². The number of para-hydroxylation sites is 2. The van der Waals surface area contributed by atoms with Gasteiger partial charge in [-0.1, -0.05) is 41.9 Å². The molecule has 0 spiro atoms. The van der Waals surface area contributed by atoms with Crippen molar-refractivity contribution in [3.63, 3.8) is 0 Å². The Morgan fingerprint density at radius 3 is 2.58 bits per heavy atom. The Balaban J connectivity index is 1.66. The molecule has 176 valence electrons. The summed E-state index contributed by atoms with van der Waals surface area (Å²) in [4.78, 5) is 2.29. The number of nitrogens with zero attached hydrogens (tertiary/aromatic N) is 3. The fourth-order valence-electron chi connectivity index (χ4n) is 3.90. The van der Waals surface area contributed by atoms with Crippen molar-refractivity contribution in [2.45, 2.75) is 39.3 Å². The van der Waals surface area contributed by atoms with Gasteiger partial charge in [0.1, 0.15) is 5.75 Å². The predicted octanol–water partition coefficient (Wildman–Crippen LogP) is 5.24. The topological polar surface area (TPSA) is 59.8 Å². The van der Waals surface area contributed by atoms with E-state index in [1.807, 2.05) is 73.1 Å². The van der Waals surface area contributed by atoms with Gasteiger partial charge in [0.2, 0.25) is 5.88 Å². The summed E-state index contributed by atoms with van der Waals surface area (Å²) in [6.45, 7) is 6.97. The Bertz CT molecular complexity index is 1040. The fourth-order valence-corrected chi connectivity index (χ4v) is 4.07. The number of halogens is 1. The highest BCUT2D eigenvalue weighted by molar-refractivity contribution is 6.32. The molecule has 1 aromatic heterocycles. The smallest absolute Gasteiger partial charge is 0.227 e. The molecule has 0 amide bonds. The highest BCUT2D eigenvalue weighted by atomic mass is 35.5. The normalized spacial score (nSPS) is 14.6. The minimum Gasteiger partial charge on any atom is -0.437 e. The second kappa shape index (κ2) is 11.2. The van der Waals surface area contributed by atoms with Gasteiger partial charge < -0.3 is 14.6 Å². The number of ether oxygens (including phenoxy) is 2. The lowest BCUT2D eigenvalue weighted by atomic mass is 10.2. The van der Waals surface area contributed by atoms with Crippen LogP contribution < -0.4 is 4.74 Å². The van der Waals surface area contributed by atoms with Gasteiger partial charge in [-0.05, 0) is 56.9 Å². The van der Waals surface area contributed by atoms with Gasteiger partial charge in [0.15, 0.2) is 0 Å². The molecule has 0 radical (unpaired) electrons. The zero-order valence-corrected chi connectivity index (χ0v) is 20.0. The zero-order chi connectivity index (χ0) is 23.2. The molecule has 0 saturated heterocycles. The highest BCUT2D eigenvalue weighted by Crippen LogP contribution is 2.36. The van der Waals surface area contributed by atoms with Crippen LogP contribution in [0.3, 0.4) is 0 Å². The van der Waals surface area contributed by atoms with E-state index in [1.54, 1.807) is 0 Å². The van der Waals surface area contributed by atoms with Crippen LogP contribution in [0.5, 0.6) is 11.6 Å². The van der Waals surface area contributed by atoms with Crippen molar-refractivity contribution in [2.24, 2.45) is 5.92 Å². The monoisotopic (exact) mass is 469 g/mol. The lowest BCUT2D eigenvalue weighted by molar-refractivity contribution is 0.0186. The van der Waals surface area contributed by atoms with Gasteiger partial charge in [0, 0.05) is 26.2 Å². The molecule has 1 heterocycles. The lowest BCUT2D eigenvalue weighted by Gasteiger charge is -2.25. The first-order chi connectivity index (χ1) is 16.0. The largest absolute Gasteiger partial charge is 0.437 e. The van der Waals surface area contributed by atoms with Gasteiger partial charge in [-0.25, -0.2) is 4.68 Å². The Morgan fingerprint density at radius 2 is 1.88 bits per heavy atom. The van der Waals surface area contributed by atoms with Crippen LogP contribution in [0.4, 0.5) is 0 Å². The van der Waals surface area contributed by atoms with E-state index in [2.05, 4.69) is 4.90 Å². The number of aliphatic hydroxyl groups is 1. The maximum absolute atomic E-state index is 10.5. The number of aliphatic hydroxyl groups excluding tert-OH is 1. The van der Waals surface area contributed by atoms with Crippen molar-refractivity contribution < 1.29 is 14.6 Å². The minimum absolute atomic E-state index is 0.336. The second-order valence-electron chi connectivity index (χ2n) is 8.60. The van der Waals surface area contributed by atoms with Crippen molar-refractivity contribution in [3.8, 4) is 17.3 Å². The summed E-state index contributed by atoms with van der Waals surface area (Å²) in [5.41, 5.74) is 2.79. The van der Waals surface area contributed by atoms with Crippen LogP contribution in [0.2, 0.25) is 5.02 Å². The lowest BCUT2D eigenvalue weighted by Crippen LogP contribution is -2.36. The molecular formula is C26H32ClN3O3. The summed E-state index contributed by atoms with van der Waals surface area (Å²) in [6, 6.07) is 17.4. The SMILES string of the molecule is CCOCC(O)CN(Cc1c(C)nn(-c2ccccc2)c1Oc1ccccc1Cl)CC1CC1. The minimum atomic E-state index is -0.541. The quantitative estimate of drug-likeness (QED) is 0.393. The maximum atomic E-state index is 10.5. The van der Waals surface area contributed by atoms with Gasteiger partial charge in [0.05, 0.1) is 34.7 Å². The summed E-state index contributed by atoms with van der Waals surface area (Å²) in [5.74, 6) is 1.91. The number of hydrogen-bond acceptors (Lipinski definition) is 5. The number of benzene rings is 2.